The number of aliphatic hydroxyl groups is 1. The lowest BCUT2D eigenvalue weighted by Crippen LogP contribution is -2.45. The van der Waals surface area contributed by atoms with Gasteiger partial charge >= 0.3 is 0 Å². The Bertz CT molecular complexity index is 911. The molecule has 0 rings (SSSR count). The Balaban J connectivity index is 4.36. The second kappa shape index (κ2) is 38.7. The smallest absolute Gasteiger partial charge is 0.268 e. The van der Waals surface area contributed by atoms with Gasteiger partial charge in [0, 0.05) is 6.42 Å². The summed E-state index contributed by atoms with van der Waals surface area (Å²) in [6.45, 7) is 4.67. The van der Waals surface area contributed by atoms with E-state index < -0.39 is 20.0 Å². The Labute approximate surface area is 342 Å². The van der Waals surface area contributed by atoms with Crippen LogP contribution in [-0.4, -0.2) is 68.5 Å². The molecule has 328 valence electrons. The zero-order valence-corrected chi connectivity index (χ0v) is 38.0. The van der Waals surface area contributed by atoms with Crippen LogP contribution in [0.15, 0.2) is 12.2 Å². The number of rotatable bonds is 43. The highest BCUT2D eigenvalue weighted by Crippen LogP contribution is 2.38. The van der Waals surface area contributed by atoms with Crippen LogP contribution in [0.3, 0.4) is 0 Å². The van der Waals surface area contributed by atoms with E-state index >= 15 is 0 Å². The van der Waals surface area contributed by atoms with E-state index in [1.54, 1.807) is 6.08 Å². The number of nitrogens with one attached hydrogen (secondary N) is 1. The molecule has 0 spiro atoms. The molecule has 0 bridgehead atoms. The lowest BCUT2D eigenvalue weighted by molar-refractivity contribution is -0.870. The number of hydrogen-bond acceptors (Lipinski definition) is 6. The van der Waals surface area contributed by atoms with Crippen molar-refractivity contribution in [3.05, 3.63) is 12.2 Å². The third kappa shape index (κ3) is 41.2. The van der Waals surface area contributed by atoms with Crippen molar-refractivity contribution in [2.24, 2.45) is 0 Å². The van der Waals surface area contributed by atoms with Crippen molar-refractivity contribution in [1.29, 1.82) is 0 Å². The minimum Gasteiger partial charge on any atom is -0.756 e. The van der Waals surface area contributed by atoms with E-state index in [0.29, 0.717) is 17.4 Å². The van der Waals surface area contributed by atoms with Crippen molar-refractivity contribution < 1.29 is 32.9 Å². The monoisotopic (exact) mass is 801 g/mol. The number of carbonyl (C=O) groups excluding carboxylic acids is 1. The number of carbonyl (C=O) groups is 1. The van der Waals surface area contributed by atoms with Crippen LogP contribution in [0.4, 0.5) is 0 Å². The van der Waals surface area contributed by atoms with E-state index in [2.05, 4.69) is 19.2 Å². The molecule has 0 heterocycles. The molecule has 0 aliphatic rings. The summed E-state index contributed by atoms with van der Waals surface area (Å²) in [7, 11) is 1.27. The highest BCUT2D eigenvalue weighted by atomic mass is 31.2. The van der Waals surface area contributed by atoms with Crippen LogP contribution in [0.5, 0.6) is 0 Å². The van der Waals surface area contributed by atoms with Gasteiger partial charge in [-0.15, -0.1) is 0 Å². The number of hydrogen-bond donors (Lipinski definition) is 2. The number of amides is 1. The SMILES string of the molecule is CCCCCCCCCCCCCCCCC/C=C/C(O)C(COP(=O)([O-])OCC[N+](C)(C)C)NC(=O)CCCCCCCCCCCCCCCCCC. The molecule has 0 radical (unpaired) electrons. The molecular weight excluding hydrogens is 707 g/mol. The third-order valence-corrected chi connectivity index (χ3v) is 11.7. The molecule has 0 saturated carbocycles. The first kappa shape index (κ1) is 54.2. The molecule has 0 aromatic heterocycles. The standard InChI is InChI=1S/C46H93N2O6P/c1-6-8-10-12-14-16-18-20-22-24-25-27-29-31-33-35-37-39-45(49)44(43-54-55(51,52)53-42-41-48(3,4)5)47-46(50)40-38-36-34-32-30-28-26-23-21-19-17-15-13-11-9-7-2/h37,39,44-45,49H,6-36,38,40-43H2,1-5H3,(H-,47,50,51,52)/b39-37+. The van der Waals surface area contributed by atoms with Crippen molar-refractivity contribution in [2.75, 3.05) is 40.9 Å². The van der Waals surface area contributed by atoms with Gasteiger partial charge in [-0.2, -0.15) is 0 Å². The van der Waals surface area contributed by atoms with E-state index in [1.165, 1.54) is 167 Å². The maximum absolute atomic E-state index is 12.9. The van der Waals surface area contributed by atoms with Crippen molar-refractivity contribution in [1.82, 2.24) is 5.32 Å². The topological polar surface area (TPSA) is 108 Å². The van der Waals surface area contributed by atoms with Crippen LogP contribution in [0, 0.1) is 0 Å². The van der Waals surface area contributed by atoms with Crippen LogP contribution in [0.1, 0.15) is 226 Å². The van der Waals surface area contributed by atoms with Crippen LogP contribution in [-0.2, 0) is 18.4 Å². The predicted octanol–water partition coefficient (Wildman–Crippen LogP) is 12.5. The number of aliphatic hydroxyl groups excluding tert-OH is 1. The molecule has 0 aromatic rings. The fourth-order valence-corrected chi connectivity index (χ4v) is 7.70. The Hall–Kier alpha value is -0.760. The summed E-state index contributed by atoms with van der Waals surface area (Å²) in [4.78, 5) is 25.3. The summed E-state index contributed by atoms with van der Waals surface area (Å²) in [6, 6.07) is -0.880. The molecule has 2 N–H and O–H groups in total. The number of nitrogens with zero attached hydrogens (tertiary/aromatic N) is 1. The van der Waals surface area contributed by atoms with Gasteiger partial charge in [-0.3, -0.25) is 9.36 Å². The maximum atomic E-state index is 12.9. The predicted molar refractivity (Wildman–Crippen MR) is 233 cm³/mol. The first-order chi connectivity index (χ1) is 26.5. The van der Waals surface area contributed by atoms with Gasteiger partial charge in [-0.25, -0.2) is 0 Å². The van der Waals surface area contributed by atoms with Gasteiger partial charge in [0.2, 0.25) is 5.91 Å². The molecular formula is C46H93N2O6P. The summed E-state index contributed by atoms with van der Waals surface area (Å²) >= 11 is 0. The van der Waals surface area contributed by atoms with E-state index in [-0.39, 0.29) is 19.1 Å². The second-order valence-corrected chi connectivity index (χ2v) is 18.9. The third-order valence-electron chi connectivity index (χ3n) is 10.7. The van der Waals surface area contributed by atoms with Crippen LogP contribution < -0.4 is 10.2 Å². The lowest BCUT2D eigenvalue weighted by atomic mass is 10.0. The van der Waals surface area contributed by atoms with Gasteiger partial charge < -0.3 is 28.8 Å². The molecule has 1 amide bonds. The molecule has 0 saturated heterocycles. The molecule has 0 aliphatic carbocycles. The molecule has 9 heteroatoms. The normalized spacial score (nSPS) is 14.4. The largest absolute Gasteiger partial charge is 0.756 e. The number of phosphoric acid groups is 1. The summed E-state index contributed by atoms with van der Waals surface area (Å²) in [5.74, 6) is -0.194. The zero-order chi connectivity index (χ0) is 40.7. The summed E-state index contributed by atoms with van der Waals surface area (Å²) in [5.41, 5.74) is 0. The van der Waals surface area contributed by atoms with E-state index in [9.17, 15) is 19.4 Å². The highest BCUT2D eigenvalue weighted by Gasteiger charge is 2.23. The minimum absolute atomic E-state index is 0.00225. The average molecular weight is 801 g/mol. The summed E-state index contributed by atoms with van der Waals surface area (Å²) < 4.78 is 23.2. The van der Waals surface area contributed by atoms with E-state index in [0.717, 1.165) is 38.5 Å². The summed E-state index contributed by atoms with van der Waals surface area (Å²) in [5, 5.41) is 13.8. The van der Waals surface area contributed by atoms with Crippen molar-refractivity contribution in [2.45, 2.75) is 238 Å². The Morgan fingerprint density at radius 3 is 1.36 bits per heavy atom. The number of allylic oxidation sites excluding steroid dienone is 1. The lowest BCUT2D eigenvalue weighted by Gasteiger charge is -2.29. The molecule has 3 unspecified atom stereocenters. The fraction of sp³-hybridized carbons (Fsp3) is 0.935. The molecule has 0 fully saturated rings. The van der Waals surface area contributed by atoms with Crippen molar-refractivity contribution in [3.8, 4) is 0 Å². The van der Waals surface area contributed by atoms with Gasteiger partial charge in [0.25, 0.3) is 7.82 Å². The molecule has 55 heavy (non-hydrogen) atoms. The van der Waals surface area contributed by atoms with E-state index in [4.69, 9.17) is 9.05 Å². The van der Waals surface area contributed by atoms with Crippen LogP contribution in [0.25, 0.3) is 0 Å². The van der Waals surface area contributed by atoms with Crippen molar-refractivity contribution in [3.63, 3.8) is 0 Å². The average Bonchev–Trinajstić information content (AvgIpc) is 3.13. The second-order valence-electron chi connectivity index (χ2n) is 17.5. The van der Waals surface area contributed by atoms with Gasteiger partial charge in [0.05, 0.1) is 39.9 Å². The Kier molecular flexibility index (Phi) is 38.2. The van der Waals surface area contributed by atoms with Gasteiger partial charge in [0.1, 0.15) is 13.2 Å². The van der Waals surface area contributed by atoms with Crippen molar-refractivity contribution >= 4 is 13.7 Å². The fourth-order valence-electron chi connectivity index (χ4n) is 6.98. The molecule has 0 aromatic carbocycles. The number of quaternary nitrogens is 1. The Morgan fingerprint density at radius 2 is 0.982 bits per heavy atom. The Morgan fingerprint density at radius 1 is 0.618 bits per heavy atom. The highest BCUT2D eigenvalue weighted by molar-refractivity contribution is 7.45. The van der Waals surface area contributed by atoms with Gasteiger partial charge in [-0.1, -0.05) is 212 Å². The number of unbranched alkanes of at least 4 members (excludes halogenated alkanes) is 30. The first-order valence-corrected chi connectivity index (χ1v) is 25.0. The number of phosphoric ester groups is 1. The molecule has 3 atom stereocenters. The number of likely N-dealkylation sites (N-methyl/N-ethyl adjacent to an activating group) is 1. The maximum Gasteiger partial charge on any atom is 0.268 e. The van der Waals surface area contributed by atoms with Crippen LogP contribution in [0.2, 0.25) is 0 Å². The van der Waals surface area contributed by atoms with Gasteiger partial charge in [0.15, 0.2) is 0 Å². The summed E-state index contributed by atoms with van der Waals surface area (Å²) in [6.07, 6.45) is 43.9. The minimum atomic E-state index is -4.58. The molecule has 0 aliphatic heterocycles. The van der Waals surface area contributed by atoms with Gasteiger partial charge in [-0.05, 0) is 19.3 Å². The zero-order valence-electron chi connectivity index (χ0n) is 37.1. The molecule has 8 nitrogen and oxygen atoms in total. The quantitative estimate of drug-likeness (QED) is 0.0275. The first-order valence-electron chi connectivity index (χ1n) is 23.6. The van der Waals surface area contributed by atoms with E-state index in [1.807, 2.05) is 27.2 Å². The van der Waals surface area contributed by atoms with Crippen LogP contribution >= 0.6 is 7.82 Å².